The van der Waals surface area contributed by atoms with Crippen LogP contribution < -0.4 is 5.32 Å². The minimum atomic E-state index is 0.586. The molecule has 1 rings (SSSR count). The number of nitrogens with one attached hydrogen (secondary N) is 1. The molecular weight excluding hydrogens is 204 g/mol. The molecule has 1 aromatic rings. The Morgan fingerprint density at radius 1 is 1.40 bits per heavy atom. The van der Waals surface area contributed by atoms with E-state index in [4.69, 9.17) is 0 Å². The van der Waals surface area contributed by atoms with E-state index in [1.807, 2.05) is 11.3 Å². The molecule has 0 amide bonds. The predicted octanol–water partition coefficient (Wildman–Crippen LogP) is 2.49. The van der Waals surface area contributed by atoms with E-state index >= 15 is 0 Å². The summed E-state index contributed by atoms with van der Waals surface area (Å²) in [6.45, 7) is 9.77. The molecule has 2 nitrogen and oxygen atoms in total. The molecule has 0 aliphatic rings. The summed E-state index contributed by atoms with van der Waals surface area (Å²) in [4.78, 5) is 5.22. The van der Waals surface area contributed by atoms with Gasteiger partial charge in [-0.05, 0) is 26.1 Å². The Labute approximate surface area is 97.3 Å². The summed E-state index contributed by atoms with van der Waals surface area (Å²) in [5, 5.41) is 3.43. The van der Waals surface area contributed by atoms with Crippen LogP contribution in [-0.4, -0.2) is 31.1 Å². The second-order valence-electron chi connectivity index (χ2n) is 4.36. The van der Waals surface area contributed by atoms with E-state index in [-0.39, 0.29) is 0 Å². The summed E-state index contributed by atoms with van der Waals surface area (Å²) in [5.74, 6) is 0. The molecule has 15 heavy (non-hydrogen) atoms. The summed E-state index contributed by atoms with van der Waals surface area (Å²) >= 11 is 1.89. The van der Waals surface area contributed by atoms with Crippen LogP contribution in [0.2, 0.25) is 0 Å². The van der Waals surface area contributed by atoms with Crippen LogP contribution in [0.25, 0.3) is 0 Å². The van der Waals surface area contributed by atoms with E-state index in [0.29, 0.717) is 6.04 Å². The van der Waals surface area contributed by atoms with Crippen molar-refractivity contribution in [1.82, 2.24) is 10.2 Å². The third-order valence-corrected chi connectivity index (χ3v) is 3.25. The summed E-state index contributed by atoms with van der Waals surface area (Å²) in [6, 6.07) is 5.01. The van der Waals surface area contributed by atoms with Gasteiger partial charge in [0.25, 0.3) is 0 Å². The van der Waals surface area contributed by atoms with Gasteiger partial charge < -0.3 is 10.2 Å². The standard InChI is InChI=1S/C12H22N2S/c1-10(2)13-7-8-14(4)9-12-6-5-11(3)15-12/h5-6,10,13H,7-9H2,1-4H3. The first-order valence-electron chi connectivity index (χ1n) is 5.55. The third kappa shape index (κ3) is 5.30. The van der Waals surface area contributed by atoms with Gasteiger partial charge >= 0.3 is 0 Å². The van der Waals surface area contributed by atoms with Gasteiger partial charge in [0.05, 0.1) is 0 Å². The fourth-order valence-electron chi connectivity index (χ4n) is 1.46. The molecule has 0 spiro atoms. The Bertz CT molecular complexity index is 281. The highest BCUT2D eigenvalue weighted by atomic mass is 32.1. The smallest absolute Gasteiger partial charge is 0.0325 e. The van der Waals surface area contributed by atoms with Gasteiger partial charge in [-0.2, -0.15) is 0 Å². The first-order chi connectivity index (χ1) is 7.08. The zero-order chi connectivity index (χ0) is 11.3. The zero-order valence-corrected chi connectivity index (χ0v) is 11.0. The Kier molecular flexibility index (Phi) is 5.29. The summed E-state index contributed by atoms with van der Waals surface area (Å²) in [6.07, 6.45) is 0. The average molecular weight is 226 g/mol. The van der Waals surface area contributed by atoms with Crippen molar-refractivity contribution in [1.29, 1.82) is 0 Å². The predicted molar refractivity (Wildman–Crippen MR) is 68.5 cm³/mol. The number of thiophene rings is 1. The lowest BCUT2D eigenvalue weighted by Crippen LogP contribution is -2.32. The van der Waals surface area contributed by atoms with Crippen LogP contribution in [0.15, 0.2) is 12.1 Å². The lowest BCUT2D eigenvalue weighted by molar-refractivity contribution is 0.322. The van der Waals surface area contributed by atoms with Gasteiger partial charge in [0.2, 0.25) is 0 Å². The zero-order valence-electron chi connectivity index (χ0n) is 10.2. The lowest BCUT2D eigenvalue weighted by atomic mass is 10.3. The van der Waals surface area contributed by atoms with E-state index in [0.717, 1.165) is 19.6 Å². The average Bonchev–Trinajstić information content (AvgIpc) is 2.50. The molecule has 1 aromatic heterocycles. The van der Waals surface area contributed by atoms with Crippen LogP contribution in [0.1, 0.15) is 23.6 Å². The number of likely N-dealkylation sites (N-methyl/N-ethyl adjacent to an activating group) is 1. The van der Waals surface area contributed by atoms with Crippen LogP contribution in [0.3, 0.4) is 0 Å². The fraction of sp³-hybridized carbons (Fsp3) is 0.667. The number of nitrogens with zero attached hydrogens (tertiary/aromatic N) is 1. The Hall–Kier alpha value is -0.380. The molecule has 0 bridgehead atoms. The van der Waals surface area contributed by atoms with Crippen molar-refractivity contribution < 1.29 is 0 Å². The molecule has 3 heteroatoms. The molecule has 0 saturated carbocycles. The van der Waals surface area contributed by atoms with Gasteiger partial charge in [-0.3, -0.25) is 0 Å². The van der Waals surface area contributed by atoms with Gasteiger partial charge in [-0.15, -0.1) is 11.3 Å². The summed E-state index contributed by atoms with van der Waals surface area (Å²) in [7, 11) is 2.18. The third-order valence-electron chi connectivity index (χ3n) is 2.27. The van der Waals surface area contributed by atoms with Crippen LogP contribution in [-0.2, 0) is 6.54 Å². The maximum Gasteiger partial charge on any atom is 0.0325 e. The molecule has 0 fully saturated rings. The largest absolute Gasteiger partial charge is 0.313 e. The second-order valence-corrected chi connectivity index (χ2v) is 5.73. The fourth-order valence-corrected chi connectivity index (χ4v) is 2.43. The van der Waals surface area contributed by atoms with E-state index in [2.05, 4.69) is 50.2 Å². The highest BCUT2D eigenvalue weighted by Crippen LogP contribution is 2.16. The molecule has 86 valence electrons. The molecule has 1 N–H and O–H groups in total. The van der Waals surface area contributed by atoms with Gasteiger partial charge in [0.1, 0.15) is 0 Å². The van der Waals surface area contributed by atoms with Gasteiger partial charge in [0, 0.05) is 35.4 Å². The van der Waals surface area contributed by atoms with Crippen molar-refractivity contribution >= 4 is 11.3 Å². The maximum absolute atomic E-state index is 3.43. The summed E-state index contributed by atoms with van der Waals surface area (Å²) < 4.78 is 0. The van der Waals surface area contributed by atoms with Gasteiger partial charge in [0.15, 0.2) is 0 Å². The van der Waals surface area contributed by atoms with Crippen molar-refractivity contribution in [2.24, 2.45) is 0 Å². The molecular formula is C12H22N2S. The monoisotopic (exact) mass is 226 g/mol. The molecule has 0 saturated heterocycles. The van der Waals surface area contributed by atoms with Crippen LogP contribution in [0.4, 0.5) is 0 Å². The molecule has 0 atom stereocenters. The van der Waals surface area contributed by atoms with Gasteiger partial charge in [-0.1, -0.05) is 13.8 Å². The minimum absolute atomic E-state index is 0.586. The lowest BCUT2D eigenvalue weighted by Gasteiger charge is -2.17. The Morgan fingerprint density at radius 2 is 2.13 bits per heavy atom. The van der Waals surface area contributed by atoms with Crippen molar-refractivity contribution in [2.45, 2.75) is 33.4 Å². The first-order valence-corrected chi connectivity index (χ1v) is 6.37. The maximum atomic E-state index is 3.43. The highest BCUT2D eigenvalue weighted by Gasteiger charge is 2.02. The second kappa shape index (κ2) is 6.26. The molecule has 0 aliphatic carbocycles. The van der Waals surface area contributed by atoms with E-state index < -0.39 is 0 Å². The van der Waals surface area contributed by atoms with Crippen LogP contribution in [0.5, 0.6) is 0 Å². The molecule has 0 aromatic carbocycles. The van der Waals surface area contributed by atoms with Crippen LogP contribution >= 0.6 is 11.3 Å². The molecule has 0 unspecified atom stereocenters. The summed E-state index contributed by atoms with van der Waals surface area (Å²) in [5.41, 5.74) is 0. The minimum Gasteiger partial charge on any atom is -0.313 e. The molecule has 1 heterocycles. The Balaban J connectivity index is 2.21. The Morgan fingerprint density at radius 3 is 2.67 bits per heavy atom. The van der Waals surface area contributed by atoms with Crippen molar-refractivity contribution in [3.8, 4) is 0 Å². The topological polar surface area (TPSA) is 15.3 Å². The van der Waals surface area contributed by atoms with Gasteiger partial charge in [-0.25, -0.2) is 0 Å². The number of aryl methyl sites for hydroxylation is 1. The molecule has 0 aliphatic heterocycles. The van der Waals surface area contributed by atoms with Crippen molar-refractivity contribution in [3.05, 3.63) is 21.9 Å². The van der Waals surface area contributed by atoms with E-state index in [1.165, 1.54) is 9.75 Å². The normalized spacial score (nSPS) is 11.6. The number of hydrogen-bond acceptors (Lipinski definition) is 3. The highest BCUT2D eigenvalue weighted by molar-refractivity contribution is 7.11. The van der Waals surface area contributed by atoms with Crippen molar-refractivity contribution in [3.63, 3.8) is 0 Å². The van der Waals surface area contributed by atoms with Crippen molar-refractivity contribution in [2.75, 3.05) is 20.1 Å². The number of hydrogen-bond donors (Lipinski definition) is 1. The SMILES string of the molecule is Cc1ccc(CN(C)CCNC(C)C)s1. The first kappa shape index (κ1) is 12.7. The van der Waals surface area contributed by atoms with E-state index in [9.17, 15) is 0 Å². The quantitative estimate of drug-likeness (QED) is 0.802. The van der Waals surface area contributed by atoms with Crippen LogP contribution in [0, 0.1) is 6.92 Å². The number of rotatable bonds is 6. The van der Waals surface area contributed by atoms with E-state index in [1.54, 1.807) is 0 Å². The molecule has 0 radical (unpaired) electrons.